The largest absolute Gasteiger partial charge is 0.448 e. The van der Waals surface area contributed by atoms with Crippen LogP contribution in [0.15, 0.2) is 48.5 Å². The van der Waals surface area contributed by atoms with E-state index >= 15 is 0 Å². The van der Waals surface area contributed by atoms with Crippen LogP contribution in [-0.4, -0.2) is 53.2 Å². The highest BCUT2D eigenvalue weighted by molar-refractivity contribution is 7.80. The first-order chi connectivity index (χ1) is 17.1. The smallest absolute Gasteiger partial charge is 0.413 e. The van der Waals surface area contributed by atoms with Crippen molar-refractivity contribution in [3.05, 3.63) is 59.7 Å². The lowest BCUT2D eigenvalue weighted by atomic mass is 9.85. The average molecular weight is 509 g/mol. The summed E-state index contributed by atoms with van der Waals surface area (Å²) in [6.07, 6.45) is 0.546. The molecule has 2 aromatic carbocycles. The number of ether oxygens (including phenoxy) is 1. The molecule has 1 heterocycles. The van der Waals surface area contributed by atoms with Gasteiger partial charge < -0.3 is 20.7 Å². The minimum Gasteiger partial charge on any atom is -0.448 e. The van der Waals surface area contributed by atoms with Crippen molar-refractivity contribution in [2.75, 3.05) is 13.2 Å². The lowest BCUT2D eigenvalue weighted by molar-refractivity contribution is -0.140. The SMILES string of the molecule is CC(C)(C)[C@H](NC(=S)NC(=O)OCC1c2ccccc2-c2ccccc21)C(=O)N1CCC[C@H]1C(N)=O. The molecular formula is C27H32N4O4S. The van der Waals surface area contributed by atoms with Crippen LogP contribution in [0.25, 0.3) is 11.1 Å². The molecule has 4 N–H and O–H groups in total. The van der Waals surface area contributed by atoms with Gasteiger partial charge in [-0.1, -0.05) is 69.3 Å². The number of carbonyl (C=O) groups is 3. The molecule has 36 heavy (non-hydrogen) atoms. The fraction of sp³-hybridized carbons (Fsp3) is 0.407. The first kappa shape index (κ1) is 25.6. The number of nitrogens with zero attached hydrogens (tertiary/aromatic N) is 1. The molecule has 0 spiro atoms. The van der Waals surface area contributed by atoms with Crippen LogP contribution in [0.2, 0.25) is 0 Å². The van der Waals surface area contributed by atoms with Gasteiger partial charge in [-0.15, -0.1) is 0 Å². The third-order valence-corrected chi connectivity index (χ3v) is 7.03. The summed E-state index contributed by atoms with van der Waals surface area (Å²) in [6, 6.07) is 14.8. The molecule has 2 aliphatic rings. The summed E-state index contributed by atoms with van der Waals surface area (Å²) in [5, 5.41) is 5.47. The quantitative estimate of drug-likeness (QED) is 0.534. The summed E-state index contributed by atoms with van der Waals surface area (Å²) < 4.78 is 5.55. The van der Waals surface area contributed by atoms with Crippen molar-refractivity contribution < 1.29 is 19.1 Å². The van der Waals surface area contributed by atoms with Crippen molar-refractivity contribution in [1.82, 2.24) is 15.5 Å². The molecule has 0 unspecified atom stereocenters. The Balaban J connectivity index is 1.38. The van der Waals surface area contributed by atoms with Gasteiger partial charge in [0.25, 0.3) is 0 Å². The number of alkyl carbamates (subject to hydrolysis) is 1. The zero-order chi connectivity index (χ0) is 26.0. The van der Waals surface area contributed by atoms with E-state index in [0.29, 0.717) is 19.4 Å². The van der Waals surface area contributed by atoms with Gasteiger partial charge in [0.2, 0.25) is 11.8 Å². The van der Waals surface area contributed by atoms with Gasteiger partial charge >= 0.3 is 6.09 Å². The second-order valence-electron chi connectivity index (χ2n) is 10.3. The zero-order valence-electron chi connectivity index (χ0n) is 20.7. The summed E-state index contributed by atoms with van der Waals surface area (Å²) in [4.78, 5) is 39.2. The molecule has 9 heteroatoms. The van der Waals surface area contributed by atoms with Crippen LogP contribution in [0.3, 0.4) is 0 Å². The van der Waals surface area contributed by atoms with Gasteiger partial charge in [0.05, 0.1) is 0 Å². The predicted molar refractivity (Wildman–Crippen MR) is 141 cm³/mol. The Hall–Kier alpha value is -3.46. The van der Waals surface area contributed by atoms with Crippen molar-refractivity contribution in [1.29, 1.82) is 0 Å². The van der Waals surface area contributed by atoms with Crippen molar-refractivity contribution in [2.24, 2.45) is 11.1 Å². The van der Waals surface area contributed by atoms with Crippen molar-refractivity contribution in [3.8, 4) is 11.1 Å². The monoisotopic (exact) mass is 508 g/mol. The second-order valence-corrected chi connectivity index (χ2v) is 10.7. The molecule has 190 valence electrons. The van der Waals surface area contributed by atoms with Crippen LogP contribution < -0.4 is 16.4 Å². The maximum Gasteiger partial charge on any atom is 0.413 e. The third-order valence-electron chi connectivity index (χ3n) is 6.81. The lowest BCUT2D eigenvalue weighted by Gasteiger charge is -2.35. The van der Waals surface area contributed by atoms with Gasteiger partial charge in [0.15, 0.2) is 5.11 Å². The molecular weight excluding hydrogens is 476 g/mol. The number of carbonyl (C=O) groups excluding carboxylic acids is 3. The van der Waals surface area contributed by atoms with Crippen molar-refractivity contribution >= 4 is 35.2 Å². The fourth-order valence-corrected chi connectivity index (χ4v) is 5.24. The van der Waals surface area contributed by atoms with E-state index in [2.05, 4.69) is 22.8 Å². The minimum absolute atomic E-state index is 0.0182. The number of hydrogen-bond donors (Lipinski definition) is 3. The second kappa shape index (κ2) is 10.3. The van der Waals surface area contributed by atoms with Crippen LogP contribution in [0, 0.1) is 5.41 Å². The molecule has 4 rings (SSSR count). The normalized spacial score (nSPS) is 17.6. The van der Waals surface area contributed by atoms with Gasteiger partial charge in [-0.05, 0) is 52.7 Å². The average Bonchev–Trinajstić information content (AvgIpc) is 3.44. The molecule has 1 aliphatic carbocycles. The molecule has 0 saturated carbocycles. The molecule has 1 fully saturated rings. The Labute approximate surface area is 216 Å². The van der Waals surface area contributed by atoms with E-state index in [1.807, 2.05) is 57.2 Å². The first-order valence-corrected chi connectivity index (χ1v) is 12.5. The van der Waals surface area contributed by atoms with Crippen LogP contribution in [0.1, 0.15) is 50.7 Å². The Kier molecular flexibility index (Phi) is 7.31. The zero-order valence-corrected chi connectivity index (χ0v) is 21.6. The Morgan fingerprint density at radius 2 is 1.67 bits per heavy atom. The number of amides is 3. The molecule has 0 aromatic heterocycles. The standard InChI is InChI=1S/C27H32N4O4S/c1-27(2,3)22(24(33)31-14-8-13-21(31)23(28)32)29-25(36)30-26(34)35-15-20-18-11-6-4-9-16(18)17-10-5-7-12-19(17)20/h4-7,9-12,20-22H,8,13-15H2,1-3H3,(H2,28,32)(H2,29,30,34,36)/t21-,22+/m0/s1. The summed E-state index contributed by atoms with van der Waals surface area (Å²) in [5.74, 6) is -0.872. The van der Waals surface area contributed by atoms with Crippen molar-refractivity contribution in [2.45, 2.75) is 51.6 Å². The van der Waals surface area contributed by atoms with E-state index < -0.39 is 29.5 Å². The molecule has 3 amide bonds. The number of thiocarbonyl (C=S) groups is 1. The van der Waals surface area contributed by atoms with Crippen LogP contribution in [0.5, 0.6) is 0 Å². The van der Waals surface area contributed by atoms with Gasteiger partial charge in [-0.2, -0.15) is 0 Å². The van der Waals surface area contributed by atoms with E-state index in [4.69, 9.17) is 22.7 Å². The van der Waals surface area contributed by atoms with Gasteiger partial charge in [-0.3, -0.25) is 14.9 Å². The first-order valence-electron chi connectivity index (χ1n) is 12.1. The lowest BCUT2D eigenvalue weighted by Crippen LogP contribution is -2.59. The molecule has 0 radical (unpaired) electrons. The number of nitrogens with one attached hydrogen (secondary N) is 2. The summed E-state index contributed by atoms with van der Waals surface area (Å²) in [7, 11) is 0. The predicted octanol–water partition coefficient (Wildman–Crippen LogP) is 3.29. The summed E-state index contributed by atoms with van der Waals surface area (Å²) >= 11 is 5.34. The number of fused-ring (bicyclic) bond motifs is 3. The molecule has 2 atom stereocenters. The molecule has 2 aromatic rings. The van der Waals surface area contributed by atoms with E-state index in [1.54, 1.807) is 0 Å². The highest BCUT2D eigenvalue weighted by Gasteiger charge is 2.41. The molecule has 0 bridgehead atoms. The van der Waals surface area contributed by atoms with Crippen LogP contribution in [0.4, 0.5) is 4.79 Å². The van der Waals surface area contributed by atoms with E-state index in [0.717, 1.165) is 22.3 Å². The van der Waals surface area contributed by atoms with Gasteiger partial charge in [0, 0.05) is 12.5 Å². The minimum atomic E-state index is -0.765. The van der Waals surface area contributed by atoms with Crippen molar-refractivity contribution in [3.63, 3.8) is 0 Å². The number of benzene rings is 2. The maximum absolute atomic E-state index is 13.3. The third kappa shape index (κ3) is 5.21. The topological polar surface area (TPSA) is 114 Å². The number of rotatable bonds is 5. The highest BCUT2D eigenvalue weighted by Crippen LogP contribution is 2.44. The Morgan fingerprint density at radius 3 is 2.22 bits per heavy atom. The van der Waals surface area contributed by atoms with Crippen LogP contribution in [-0.2, 0) is 14.3 Å². The fourth-order valence-electron chi connectivity index (χ4n) is 5.04. The van der Waals surface area contributed by atoms with Gasteiger partial charge in [-0.25, -0.2) is 4.79 Å². The summed E-state index contributed by atoms with van der Waals surface area (Å²) in [5.41, 5.74) is 9.45. The molecule has 8 nitrogen and oxygen atoms in total. The number of likely N-dealkylation sites (tertiary alicyclic amines) is 1. The van der Waals surface area contributed by atoms with E-state index in [9.17, 15) is 14.4 Å². The number of nitrogens with two attached hydrogens (primary N) is 1. The van der Waals surface area contributed by atoms with Crippen LogP contribution >= 0.6 is 12.2 Å². The summed E-state index contributed by atoms with van der Waals surface area (Å²) in [6.45, 7) is 6.25. The Bertz CT molecular complexity index is 1150. The number of hydrogen-bond acceptors (Lipinski definition) is 5. The van der Waals surface area contributed by atoms with E-state index in [-0.39, 0.29) is 23.5 Å². The highest BCUT2D eigenvalue weighted by atomic mass is 32.1. The molecule has 1 saturated heterocycles. The van der Waals surface area contributed by atoms with E-state index in [1.165, 1.54) is 4.90 Å². The Morgan fingerprint density at radius 1 is 1.08 bits per heavy atom. The number of primary amides is 1. The molecule has 1 aliphatic heterocycles. The van der Waals surface area contributed by atoms with Gasteiger partial charge in [0.1, 0.15) is 18.7 Å². The maximum atomic E-state index is 13.3.